The summed E-state index contributed by atoms with van der Waals surface area (Å²) in [6.45, 7) is 5.21. The Morgan fingerprint density at radius 1 is 1.33 bits per heavy atom. The normalized spacial score (nSPS) is 11.8. The molecule has 0 heterocycles. The topological polar surface area (TPSA) is 50.4 Å². The van der Waals surface area contributed by atoms with Gasteiger partial charge in [-0.25, -0.2) is 0 Å². The van der Waals surface area contributed by atoms with E-state index in [0.29, 0.717) is 18.9 Å². The summed E-state index contributed by atoms with van der Waals surface area (Å²) in [7, 11) is 1.65. The molecule has 4 nitrogen and oxygen atoms in total. The maximum atomic E-state index is 11.5. The van der Waals surface area contributed by atoms with Gasteiger partial charge in [0, 0.05) is 19.0 Å². The molecule has 0 saturated carbocycles. The predicted octanol–water partition coefficient (Wildman–Crippen LogP) is 2.12. The van der Waals surface area contributed by atoms with Gasteiger partial charge in [-0.05, 0) is 23.6 Å². The Kier molecular flexibility index (Phi) is 7.34. The molecule has 0 radical (unpaired) electrons. The van der Waals surface area contributed by atoms with Crippen LogP contribution in [0.5, 0.6) is 5.75 Å². The van der Waals surface area contributed by atoms with E-state index in [1.807, 2.05) is 12.1 Å². The number of ether oxygens (including phenoxy) is 1. The number of hydrogen-bond donors (Lipinski definition) is 2. The summed E-state index contributed by atoms with van der Waals surface area (Å²) in [5.41, 5.74) is 1.19. The van der Waals surface area contributed by atoms with E-state index in [1.54, 1.807) is 7.11 Å². The van der Waals surface area contributed by atoms with Crippen LogP contribution in [0.2, 0.25) is 0 Å². The quantitative estimate of drug-likeness (QED) is 0.720. The van der Waals surface area contributed by atoms with Crippen molar-refractivity contribution < 1.29 is 9.53 Å². The number of methoxy groups -OCH3 is 1. The second kappa shape index (κ2) is 9.04. The van der Waals surface area contributed by atoms with Crippen LogP contribution in [0.15, 0.2) is 24.3 Å². The third-order valence-corrected chi connectivity index (χ3v) is 3.25. The molecule has 21 heavy (non-hydrogen) atoms. The molecule has 1 aromatic rings. The summed E-state index contributed by atoms with van der Waals surface area (Å²) in [5, 5.41) is 6.09. The summed E-state index contributed by atoms with van der Waals surface area (Å²) < 4.78 is 5.17. The van der Waals surface area contributed by atoms with Gasteiger partial charge in [0.15, 0.2) is 0 Å². The molecule has 0 bridgehead atoms. The Labute approximate surface area is 127 Å². The molecule has 0 aromatic heterocycles. The standard InChI is InChI=1S/C17H24N2O2/c1-5-11-18-16(20)10-12-19-17(13(2)3)14-6-8-15(21-4)9-7-14/h1,6-9,13,17,19H,10-12H2,2-4H3,(H,18,20). The molecule has 1 atom stereocenters. The third kappa shape index (κ3) is 5.88. The Hall–Kier alpha value is -1.99. The maximum absolute atomic E-state index is 11.5. The Morgan fingerprint density at radius 3 is 2.52 bits per heavy atom. The zero-order valence-electron chi connectivity index (χ0n) is 13.0. The van der Waals surface area contributed by atoms with Gasteiger partial charge < -0.3 is 15.4 Å². The number of nitrogens with one attached hydrogen (secondary N) is 2. The molecule has 0 fully saturated rings. The number of hydrogen-bond acceptors (Lipinski definition) is 3. The van der Waals surface area contributed by atoms with Crippen LogP contribution in [0.3, 0.4) is 0 Å². The molecule has 1 rings (SSSR count). The highest BCUT2D eigenvalue weighted by atomic mass is 16.5. The van der Waals surface area contributed by atoms with E-state index in [4.69, 9.17) is 11.2 Å². The van der Waals surface area contributed by atoms with E-state index in [9.17, 15) is 4.79 Å². The monoisotopic (exact) mass is 288 g/mol. The Balaban J connectivity index is 2.54. The number of carbonyl (C=O) groups is 1. The molecular weight excluding hydrogens is 264 g/mol. The molecular formula is C17H24N2O2. The molecule has 4 heteroatoms. The minimum absolute atomic E-state index is 0.0299. The minimum atomic E-state index is -0.0299. The molecule has 1 amide bonds. The van der Waals surface area contributed by atoms with Crippen molar-refractivity contribution in [2.24, 2.45) is 5.92 Å². The number of terminal acetylenes is 1. The highest BCUT2D eigenvalue weighted by Gasteiger charge is 2.15. The first-order valence-electron chi connectivity index (χ1n) is 7.16. The second-order valence-electron chi connectivity index (χ2n) is 5.18. The molecule has 2 N–H and O–H groups in total. The predicted molar refractivity (Wildman–Crippen MR) is 85.0 cm³/mol. The SMILES string of the molecule is C#CCNC(=O)CCNC(c1ccc(OC)cc1)C(C)C. The van der Waals surface area contributed by atoms with E-state index < -0.39 is 0 Å². The lowest BCUT2D eigenvalue weighted by molar-refractivity contribution is -0.120. The lowest BCUT2D eigenvalue weighted by atomic mass is 9.96. The average molecular weight is 288 g/mol. The average Bonchev–Trinajstić information content (AvgIpc) is 2.49. The van der Waals surface area contributed by atoms with Crippen LogP contribution in [-0.2, 0) is 4.79 Å². The third-order valence-electron chi connectivity index (χ3n) is 3.25. The lowest BCUT2D eigenvalue weighted by Crippen LogP contribution is -2.31. The van der Waals surface area contributed by atoms with Gasteiger partial charge in [0.1, 0.15) is 5.75 Å². The summed E-state index contributed by atoms with van der Waals surface area (Å²) in [6, 6.07) is 8.21. The zero-order valence-corrected chi connectivity index (χ0v) is 13.0. The van der Waals surface area contributed by atoms with Gasteiger partial charge in [-0.3, -0.25) is 4.79 Å². The first kappa shape index (κ1) is 17.1. The first-order chi connectivity index (χ1) is 10.1. The number of rotatable bonds is 8. The van der Waals surface area contributed by atoms with Crippen molar-refractivity contribution in [2.75, 3.05) is 20.2 Å². The van der Waals surface area contributed by atoms with Crippen LogP contribution in [0, 0.1) is 18.3 Å². The van der Waals surface area contributed by atoms with Crippen molar-refractivity contribution in [3.63, 3.8) is 0 Å². The van der Waals surface area contributed by atoms with E-state index in [1.165, 1.54) is 5.56 Å². The first-order valence-corrected chi connectivity index (χ1v) is 7.16. The zero-order chi connectivity index (χ0) is 15.7. The van der Waals surface area contributed by atoms with Gasteiger partial charge in [0.05, 0.1) is 13.7 Å². The van der Waals surface area contributed by atoms with Crippen molar-refractivity contribution >= 4 is 5.91 Å². The van der Waals surface area contributed by atoms with Crippen molar-refractivity contribution in [3.8, 4) is 18.1 Å². The molecule has 0 aliphatic rings. The van der Waals surface area contributed by atoms with Crippen LogP contribution in [-0.4, -0.2) is 26.1 Å². The molecule has 114 valence electrons. The molecule has 0 aliphatic carbocycles. The van der Waals surface area contributed by atoms with Gasteiger partial charge in [0.25, 0.3) is 0 Å². The smallest absolute Gasteiger partial charge is 0.222 e. The highest BCUT2D eigenvalue weighted by Crippen LogP contribution is 2.23. The highest BCUT2D eigenvalue weighted by molar-refractivity contribution is 5.76. The lowest BCUT2D eigenvalue weighted by Gasteiger charge is -2.23. The van der Waals surface area contributed by atoms with Crippen LogP contribution in [0.4, 0.5) is 0 Å². The molecule has 0 saturated heterocycles. The Morgan fingerprint density at radius 2 is 2.00 bits per heavy atom. The number of amides is 1. The Bertz CT molecular complexity index is 475. The van der Waals surface area contributed by atoms with Crippen LogP contribution in [0.1, 0.15) is 31.9 Å². The fourth-order valence-corrected chi connectivity index (χ4v) is 2.13. The van der Waals surface area contributed by atoms with Crippen molar-refractivity contribution in [1.29, 1.82) is 0 Å². The number of carbonyl (C=O) groups excluding carboxylic acids is 1. The van der Waals surface area contributed by atoms with E-state index in [-0.39, 0.29) is 18.5 Å². The van der Waals surface area contributed by atoms with Crippen LogP contribution in [0.25, 0.3) is 0 Å². The minimum Gasteiger partial charge on any atom is -0.497 e. The molecule has 0 aliphatic heterocycles. The van der Waals surface area contributed by atoms with Gasteiger partial charge in [-0.2, -0.15) is 0 Å². The fraction of sp³-hybridized carbons (Fsp3) is 0.471. The molecule has 1 aromatic carbocycles. The van der Waals surface area contributed by atoms with E-state index in [0.717, 1.165) is 5.75 Å². The summed E-state index contributed by atoms with van der Waals surface area (Å²) >= 11 is 0. The van der Waals surface area contributed by atoms with Crippen molar-refractivity contribution in [2.45, 2.75) is 26.3 Å². The largest absolute Gasteiger partial charge is 0.497 e. The summed E-state index contributed by atoms with van der Waals surface area (Å²) in [5.74, 6) is 3.62. The summed E-state index contributed by atoms with van der Waals surface area (Å²) in [4.78, 5) is 11.5. The van der Waals surface area contributed by atoms with E-state index in [2.05, 4.69) is 42.5 Å². The van der Waals surface area contributed by atoms with Gasteiger partial charge in [0.2, 0.25) is 5.91 Å². The van der Waals surface area contributed by atoms with Crippen molar-refractivity contribution in [3.05, 3.63) is 29.8 Å². The van der Waals surface area contributed by atoms with Gasteiger partial charge in [-0.15, -0.1) is 6.42 Å². The van der Waals surface area contributed by atoms with Crippen LogP contribution < -0.4 is 15.4 Å². The number of benzene rings is 1. The van der Waals surface area contributed by atoms with Crippen LogP contribution >= 0.6 is 0 Å². The fourth-order valence-electron chi connectivity index (χ4n) is 2.13. The molecule has 1 unspecified atom stereocenters. The van der Waals surface area contributed by atoms with E-state index >= 15 is 0 Å². The second-order valence-corrected chi connectivity index (χ2v) is 5.18. The van der Waals surface area contributed by atoms with Gasteiger partial charge in [-0.1, -0.05) is 31.9 Å². The summed E-state index contributed by atoms with van der Waals surface area (Å²) in [6.07, 6.45) is 5.52. The van der Waals surface area contributed by atoms with Gasteiger partial charge >= 0.3 is 0 Å². The maximum Gasteiger partial charge on any atom is 0.222 e. The van der Waals surface area contributed by atoms with Crippen molar-refractivity contribution in [1.82, 2.24) is 10.6 Å². The molecule has 0 spiro atoms.